The first kappa shape index (κ1) is 29.0. The second-order valence-electron chi connectivity index (χ2n) is 6.70. The zero-order valence-corrected chi connectivity index (χ0v) is 17.6. The van der Waals surface area contributed by atoms with Crippen LogP contribution in [0.15, 0.2) is 0 Å². The summed E-state index contributed by atoms with van der Waals surface area (Å²) < 4.78 is 31.2. The van der Waals surface area contributed by atoms with Crippen LogP contribution < -0.4 is 5.73 Å². The van der Waals surface area contributed by atoms with E-state index in [9.17, 15) is 18.0 Å². The van der Waals surface area contributed by atoms with Gasteiger partial charge in [0.2, 0.25) is 0 Å². The van der Waals surface area contributed by atoms with Crippen LogP contribution >= 0.6 is 0 Å². The molecule has 0 radical (unpaired) electrons. The summed E-state index contributed by atoms with van der Waals surface area (Å²) in [5.41, 5.74) is 4.78. The van der Waals surface area contributed by atoms with Gasteiger partial charge in [-0.25, -0.2) is 0 Å². The Bertz CT molecular complexity index is 508. The molecule has 10 heteroatoms. The van der Waals surface area contributed by atoms with Gasteiger partial charge in [0.1, 0.15) is 0 Å². The van der Waals surface area contributed by atoms with Crippen molar-refractivity contribution in [1.29, 1.82) is 0 Å². The highest BCUT2D eigenvalue weighted by molar-refractivity contribution is 7.87. The highest BCUT2D eigenvalue weighted by atomic mass is 32.2. The first-order valence-electron chi connectivity index (χ1n) is 9.86. The van der Waals surface area contributed by atoms with E-state index in [2.05, 4.69) is 6.92 Å². The predicted molar refractivity (Wildman–Crippen MR) is 107 cm³/mol. The van der Waals surface area contributed by atoms with Crippen LogP contribution in [-0.2, 0) is 19.7 Å². The molecule has 168 valence electrons. The van der Waals surface area contributed by atoms with Crippen LogP contribution in [0.1, 0.15) is 77.6 Å². The van der Waals surface area contributed by atoms with E-state index >= 15 is 0 Å². The average molecular weight is 428 g/mol. The van der Waals surface area contributed by atoms with Crippen molar-refractivity contribution in [1.82, 2.24) is 0 Å². The maximum absolute atomic E-state index is 11.1. The SMILES string of the molecule is CCCCCCCCCCCCC(C(=O)O)C(C(=O)O)S(=O)(=O)O.NCCO. The van der Waals surface area contributed by atoms with Crippen molar-refractivity contribution < 1.29 is 37.9 Å². The molecule has 28 heavy (non-hydrogen) atoms. The van der Waals surface area contributed by atoms with Gasteiger partial charge in [-0.1, -0.05) is 71.1 Å². The van der Waals surface area contributed by atoms with Crippen LogP contribution in [-0.4, -0.2) is 58.6 Å². The third-order valence-electron chi connectivity index (χ3n) is 4.24. The molecule has 2 atom stereocenters. The smallest absolute Gasteiger partial charge is 0.325 e. The molecule has 0 aromatic rings. The van der Waals surface area contributed by atoms with Crippen molar-refractivity contribution >= 4 is 22.1 Å². The third kappa shape index (κ3) is 15.8. The van der Waals surface area contributed by atoms with Gasteiger partial charge in [0.25, 0.3) is 10.1 Å². The van der Waals surface area contributed by atoms with E-state index in [-0.39, 0.29) is 13.0 Å². The van der Waals surface area contributed by atoms with Crippen molar-refractivity contribution in [3.63, 3.8) is 0 Å². The summed E-state index contributed by atoms with van der Waals surface area (Å²) in [6, 6.07) is 0. The lowest BCUT2D eigenvalue weighted by atomic mass is 9.96. The first-order valence-corrected chi connectivity index (χ1v) is 11.4. The van der Waals surface area contributed by atoms with Gasteiger partial charge in [-0.3, -0.25) is 14.1 Å². The number of carboxylic acid groups (broad SMARTS) is 2. The summed E-state index contributed by atoms with van der Waals surface area (Å²) in [6.07, 6.45) is 10.3. The molecule has 0 bridgehead atoms. The van der Waals surface area contributed by atoms with Gasteiger partial charge in [0.05, 0.1) is 12.5 Å². The Labute approximate surface area is 168 Å². The molecule has 0 fully saturated rings. The number of carbonyl (C=O) groups is 2. The van der Waals surface area contributed by atoms with Crippen LogP contribution in [0.2, 0.25) is 0 Å². The zero-order valence-electron chi connectivity index (χ0n) is 16.8. The Hall–Kier alpha value is -1.23. The van der Waals surface area contributed by atoms with Crippen LogP contribution in [0, 0.1) is 5.92 Å². The Kier molecular flexibility index (Phi) is 18.5. The lowest BCUT2D eigenvalue weighted by molar-refractivity contribution is -0.148. The van der Waals surface area contributed by atoms with Gasteiger partial charge in [0.15, 0.2) is 5.25 Å². The molecule has 0 heterocycles. The third-order valence-corrected chi connectivity index (χ3v) is 5.42. The number of carboxylic acids is 2. The van der Waals surface area contributed by atoms with Gasteiger partial charge in [-0.15, -0.1) is 0 Å². The van der Waals surface area contributed by atoms with E-state index in [1.165, 1.54) is 32.1 Å². The number of rotatable bonds is 16. The topological polar surface area (TPSA) is 175 Å². The fraction of sp³-hybridized carbons (Fsp3) is 0.889. The Morgan fingerprint density at radius 2 is 1.25 bits per heavy atom. The highest BCUT2D eigenvalue weighted by Gasteiger charge is 2.42. The number of nitrogens with two attached hydrogens (primary N) is 1. The largest absolute Gasteiger partial charge is 0.481 e. The molecule has 0 aromatic carbocycles. The van der Waals surface area contributed by atoms with Crippen LogP contribution in [0.4, 0.5) is 0 Å². The Balaban J connectivity index is 0. The van der Waals surface area contributed by atoms with Gasteiger partial charge < -0.3 is 21.1 Å². The molecule has 0 spiro atoms. The minimum absolute atomic E-state index is 0.0808. The molecule has 6 N–H and O–H groups in total. The molecule has 2 unspecified atom stereocenters. The molecule has 0 saturated heterocycles. The van der Waals surface area contributed by atoms with Gasteiger partial charge in [-0.05, 0) is 6.42 Å². The van der Waals surface area contributed by atoms with Gasteiger partial charge in [-0.2, -0.15) is 8.42 Å². The zero-order chi connectivity index (χ0) is 22.0. The number of aliphatic carboxylic acids is 2. The van der Waals surface area contributed by atoms with E-state index in [4.69, 9.17) is 25.6 Å². The molecule has 0 aromatic heterocycles. The summed E-state index contributed by atoms with van der Waals surface area (Å²) in [5, 5.41) is 23.4. The van der Waals surface area contributed by atoms with Crippen LogP contribution in [0.3, 0.4) is 0 Å². The van der Waals surface area contributed by atoms with Crippen molar-refractivity contribution in [2.75, 3.05) is 13.2 Å². The number of hydrogen-bond acceptors (Lipinski definition) is 6. The Morgan fingerprint density at radius 3 is 1.54 bits per heavy atom. The fourth-order valence-electron chi connectivity index (χ4n) is 2.76. The summed E-state index contributed by atoms with van der Waals surface area (Å²) in [5.74, 6) is -4.99. The standard InChI is InChI=1S/C16H30O7S.C2H7NO/c1-2-3-4-5-6-7-8-9-10-11-12-13(15(17)18)14(16(19)20)24(21,22)23;3-1-2-4/h13-14H,2-12H2,1H3,(H,17,18)(H,19,20)(H,21,22,23);4H,1-3H2. The van der Waals surface area contributed by atoms with Crippen molar-refractivity contribution in [2.45, 2.75) is 82.8 Å². The Morgan fingerprint density at radius 1 is 0.857 bits per heavy atom. The van der Waals surface area contributed by atoms with E-state index < -0.39 is 33.2 Å². The molecule has 0 aliphatic carbocycles. The van der Waals surface area contributed by atoms with E-state index in [1.54, 1.807) is 0 Å². The number of unbranched alkanes of at least 4 members (excludes halogenated alkanes) is 9. The second-order valence-corrected chi connectivity index (χ2v) is 8.24. The van der Waals surface area contributed by atoms with E-state index in [0.29, 0.717) is 13.0 Å². The monoisotopic (exact) mass is 427 g/mol. The summed E-state index contributed by atoms with van der Waals surface area (Å²) in [7, 11) is -4.95. The maximum atomic E-state index is 11.1. The van der Waals surface area contributed by atoms with Crippen LogP contribution in [0.25, 0.3) is 0 Å². The van der Waals surface area contributed by atoms with Crippen molar-refractivity contribution in [3.8, 4) is 0 Å². The second kappa shape index (κ2) is 17.8. The molecular formula is C18H37NO8S. The molecule has 9 nitrogen and oxygen atoms in total. The minimum Gasteiger partial charge on any atom is -0.481 e. The molecular weight excluding hydrogens is 390 g/mol. The lowest BCUT2D eigenvalue weighted by Gasteiger charge is -2.17. The minimum atomic E-state index is -4.95. The van der Waals surface area contributed by atoms with Crippen LogP contribution in [0.5, 0.6) is 0 Å². The fourth-order valence-corrected chi connectivity index (χ4v) is 3.69. The number of aliphatic hydroxyl groups excluding tert-OH is 1. The summed E-state index contributed by atoms with van der Waals surface area (Å²) in [6.45, 7) is 2.64. The molecule has 0 saturated carbocycles. The predicted octanol–water partition coefficient (Wildman–Crippen LogP) is 2.28. The highest BCUT2D eigenvalue weighted by Crippen LogP contribution is 2.21. The average Bonchev–Trinajstić information content (AvgIpc) is 2.60. The number of aliphatic hydroxyl groups is 1. The maximum Gasteiger partial charge on any atom is 0.325 e. The molecule has 0 rings (SSSR count). The van der Waals surface area contributed by atoms with Gasteiger partial charge >= 0.3 is 11.9 Å². The lowest BCUT2D eigenvalue weighted by Crippen LogP contribution is -2.41. The number of hydrogen-bond donors (Lipinski definition) is 5. The van der Waals surface area contributed by atoms with E-state index in [1.807, 2.05) is 0 Å². The molecule has 0 aliphatic rings. The first-order chi connectivity index (χ1) is 13.1. The van der Waals surface area contributed by atoms with E-state index in [0.717, 1.165) is 25.7 Å². The quantitative estimate of drug-likeness (QED) is 0.183. The normalized spacial score (nSPS) is 13.3. The summed E-state index contributed by atoms with van der Waals surface area (Å²) in [4.78, 5) is 22.1. The van der Waals surface area contributed by atoms with Gasteiger partial charge in [0, 0.05) is 6.54 Å². The molecule has 0 amide bonds. The van der Waals surface area contributed by atoms with Crippen molar-refractivity contribution in [3.05, 3.63) is 0 Å². The molecule has 0 aliphatic heterocycles. The summed E-state index contributed by atoms with van der Waals surface area (Å²) >= 11 is 0. The van der Waals surface area contributed by atoms with Crippen molar-refractivity contribution in [2.24, 2.45) is 11.7 Å².